The first-order valence-corrected chi connectivity index (χ1v) is 20.9. The number of unbranched alkanes of at least 4 members (excludes halogenated alkanes) is 13. The average Bonchev–Trinajstić information content (AvgIpc) is 3.33. The Morgan fingerprint density at radius 3 is 2.16 bits per heavy atom. The predicted molar refractivity (Wildman–Crippen MR) is 211 cm³/mol. The maximum Gasteiger partial charge on any atom is 0.328 e. The number of hydroxylamine groups is 4. The number of hydrogen-bond donors (Lipinski definition) is 7. The number of para-hydroxylation sites is 1. The van der Waals surface area contributed by atoms with Crippen molar-refractivity contribution in [3.05, 3.63) is 23.8 Å². The van der Waals surface area contributed by atoms with Crippen LogP contribution in [0.1, 0.15) is 159 Å². The van der Waals surface area contributed by atoms with E-state index >= 15 is 0 Å². The van der Waals surface area contributed by atoms with Gasteiger partial charge in [-0.1, -0.05) is 90.0 Å². The first-order valence-electron chi connectivity index (χ1n) is 20.9. The number of nitrogens with zero attached hydrogens (tertiary/aromatic N) is 2. The van der Waals surface area contributed by atoms with Crippen LogP contribution in [-0.4, -0.2) is 104 Å². The van der Waals surface area contributed by atoms with Crippen LogP contribution >= 0.6 is 0 Å². The summed E-state index contributed by atoms with van der Waals surface area (Å²) in [6.07, 6.45) is 16.5. The molecule has 1 aliphatic heterocycles. The predicted octanol–water partition coefficient (Wildman–Crippen LogP) is 5.39. The van der Waals surface area contributed by atoms with Gasteiger partial charge in [-0.25, -0.2) is 14.9 Å². The molecule has 0 bridgehead atoms. The van der Waals surface area contributed by atoms with E-state index in [9.17, 15) is 49.4 Å². The second kappa shape index (κ2) is 28.0. The highest BCUT2D eigenvalue weighted by atomic mass is 16.5. The number of phenols is 2. The molecule has 1 heterocycles. The van der Waals surface area contributed by atoms with Crippen LogP contribution in [0.25, 0.3) is 0 Å². The molecule has 1 aromatic rings. The van der Waals surface area contributed by atoms with Gasteiger partial charge in [0.1, 0.15) is 18.2 Å². The highest BCUT2D eigenvalue weighted by molar-refractivity contribution is 5.99. The van der Waals surface area contributed by atoms with E-state index in [2.05, 4.69) is 22.9 Å². The lowest BCUT2D eigenvalue weighted by Gasteiger charge is -2.22. The number of rotatable bonds is 28. The minimum atomic E-state index is -1.23. The summed E-state index contributed by atoms with van der Waals surface area (Å²) in [6, 6.07) is 1.64. The Morgan fingerprint density at radius 1 is 0.877 bits per heavy atom. The molecule has 1 saturated heterocycles. The molecule has 0 aliphatic carbocycles. The van der Waals surface area contributed by atoms with Crippen LogP contribution in [0.15, 0.2) is 18.2 Å². The van der Waals surface area contributed by atoms with Gasteiger partial charge in [0.15, 0.2) is 11.5 Å². The lowest BCUT2D eigenvalue weighted by Crippen LogP contribution is -2.48. The standard InChI is InChI=1S/C41H67N5O11/c1-3-4-5-6-7-8-9-10-11-12-13-14-15-25-37(50)45(55)26-18-17-23-33(44-36(49)29-42-39(52)31-21-20-24-34(47)38(31)51)41(54)57-30(2)28-35(48)43-32-22-16-19-27-46(56)40(32)53/h20-21,24,30,32-33,47,51,55-56H,3-19,22-23,25-29H2,1-2H3,(H,42,52)(H,43,48)(H,44,49)/t30-,32+,33?/m1/s1. The monoisotopic (exact) mass is 805 g/mol. The quantitative estimate of drug-likeness (QED) is 0.0186. The van der Waals surface area contributed by atoms with Crippen molar-refractivity contribution >= 4 is 35.5 Å². The van der Waals surface area contributed by atoms with Crippen LogP contribution < -0.4 is 16.0 Å². The summed E-state index contributed by atoms with van der Waals surface area (Å²) in [4.78, 5) is 76.2. The van der Waals surface area contributed by atoms with Crippen molar-refractivity contribution in [2.45, 2.75) is 167 Å². The lowest BCUT2D eigenvalue weighted by molar-refractivity contribution is -0.167. The summed E-state index contributed by atoms with van der Waals surface area (Å²) < 4.78 is 5.48. The molecule has 2 rings (SSSR count). The van der Waals surface area contributed by atoms with Gasteiger partial charge in [0.05, 0.1) is 18.5 Å². The number of carbonyl (C=O) groups is 6. The molecule has 57 heavy (non-hydrogen) atoms. The SMILES string of the molecule is CCCCCCCCCCCCCCCC(=O)N(O)CCCCC(NC(=O)CNC(=O)c1cccc(O)c1O)C(=O)O[C@H](C)CC(=O)N[C@H]1CCCCN(O)C1=O. The van der Waals surface area contributed by atoms with Crippen LogP contribution in [0.3, 0.4) is 0 Å². The van der Waals surface area contributed by atoms with Crippen molar-refractivity contribution in [2.24, 2.45) is 0 Å². The van der Waals surface area contributed by atoms with Crippen LogP contribution in [-0.2, 0) is 28.7 Å². The Balaban J connectivity index is 1.82. The maximum atomic E-state index is 13.3. The molecule has 3 atom stereocenters. The van der Waals surface area contributed by atoms with Crippen molar-refractivity contribution in [1.82, 2.24) is 26.1 Å². The number of amides is 5. The molecule has 0 aromatic heterocycles. The third-order valence-corrected chi connectivity index (χ3v) is 9.97. The first-order chi connectivity index (χ1) is 27.3. The normalized spacial score (nSPS) is 15.3. The molecule has 5 amide bonds. The summed E-state index contributed by atoms with van der Waals surface area (Å²) in [6.45, 7) is 3.28. The Bertz CT molecular complexity index is 1410. The Kier molecular flexibility index (Phi) is 24.0. The van der Waals surface area contributed by atoms with Gasteiger partial charge in [-0.15, -0.1) is 0 Å². The minimum Gasteiger partial charge on any atom is -0.504 e. The van der Waals surface area contributed by atoms with Gasteiger partial charge in [0.25, 0.3) is 11.8 Å². The van der Waals surface area contributed by atoms with Gasteiger partial charge in [-0.05, 0) is 64.0 Å². The lowest BCUT2D eigenvalue weighted by atomic mass is 10.0. The highest BCUT2D eigenvalue weighted by Gasteiger charge is 2.29. The van der Waals surface area contributed by atoms with E-state index in [1.165, 1.54) is 82.9 Å². The zero-order valence-electron chi connectivity index (χ0n) is 34.0. The number of esters is 1. The molecule has 1 aliphatic rings. The second-order valence-corrected chi connectivity index (χ2v) is 15.0. The molecule has 0 radical (unpaired) electrons. The van der Waals surface area contributed by atoms with Crippen molar-refractivity contribution in [3.63, 3.8) is 0 Å². The Hall–Kier alpha value is -4.44. The summed E-state index contributed by atoms with van der Waals surface area (Å²) in [5.41, 5.74) is -0.264. The van der Waals surface area contributed by atoms with Gasteiger partial charge in [-0.2, -0.15) is 0 Å². The number of phenolic OH excluding ortho intramolecular Hbond substituents is 2. The molecule has 322 valence electrons. The van der Waals surface area contributed by atoms with E-state index < -0.39 is 65.8 Å². The molecular weight excluding hydrogens is 738 g/mol. The number of ether oxygens (including phenoxy) is 1. The molecular formula is C41H67N5O11. The number of carbonyl (C=O) groups excluding carboxylic acids is 6. The molecule has 1 unspecified atom stereocenters. The highest BCUT2D eigenvalue weighted by Crippen LogP contribution is 2.28. The first kappa shape index (κ1) is 48.7. The summed E-state index contributed by atoms with van der Waals surface area (Å²) in [5.74, 6) is -5.25. The zero-order valence-corrected chi connectivity index (χ0v) is 34.0. The number of benzene rings is 1. The molecule has 0 saturated carbocycles. The second-order valence-electron chi connectivity index (χ2n) is 15.0. The molecule has 16 heteroatoms. The Morgan fingerprint density at radius 2 is 1.51 bits per heavy atom. The van der Waals surface area contributed by atoms with E-state index in [0.717, 1.165) is 19.3 Å². The number of nitrogens with one attached hydrogen (secondary N) is 3. The van der Waals surface area contributed by atoms with Crippen LogP contribution in [0.5, 0.6) is 11.5 Å². The van der Waals surface area contributed by atoms with Gasteiger partial charge >= 0.3 is 5.97 Å². The molecule has 16 nitrogen and oxygen atoms in total. The maximum absolute atomic E-state index is 13.3. The minimum absolute atomic E-state index is 0.0121. The Labute approximate surface area is 337 Å². The van der Waals surface area contributed by atoms with Gasteiger partial charge < -0.3 is 30.9 Å². The topological polar surface area (TPSA) is 235 Å². The zero-order chi connectivity index (χ0) is 42.0. The van der Waals surface area contributed by atoms with E-state index in [4.69, 9.17) is 4.74 Å². The molecule has 1 fully saturated rings. The largest absolute Gasteiger partial charge is 0.504 e. The van der Waals surface area contributed by atoms with Crippen molar-refractivity contribution in [2.75, 3.05) is 19.6 Å². The summed E-state index contributed by atoms with van der Waals surface area (Å²) in [7, 11) is 0. The third-order valence-electron chi connectivity index (χ3n) is 9.97. The molecule has 1 aromatic carbocycles. The van der Waals surface area contributed by atoms with Crippen LogP contribution in [0, 0.1) is 0 Å². The summed E-state index contributed by atoms with van der Waals surface area (Å²) >= 11 is 0. The van der Waals surface area contributed by atoms with Crippen LogP contribution in [0.2, 0.25) is 0 Å². The average molecular weight is 806 g/mol. The number of hydrogen-bond acceptors (Lipinski definition) is 11. The van der Waals surface area contributed by atoms with Gasteiger partial charge in [-0.3, -0.25) is 34.4 Å². The fourth-order valence-electron chi connectivity index (χ4n) is 6.62. The van der Waals surface area contributed by atoms with Gasteiger partial charge in [0, 0.05) is 19.5 Å². The van der Waals surface area contributed by atoms with E-state index in [1.807, 2.05) is 0 Å². The molecule has 0 spiro atoms. The third kappa shape index (κ3) is 20.0. The molecule has 7 N–H and O–H groups in total. The smallest absolute Gasteiger partial charge is 0.328 e. The fraction of sp³-hybridized carbons (Fsp3) is 0.707. The van der Waals surface area contributed by atoms with Crippen LogP contribution in [0.4, 0.5) is 0 Å². The van der Waals surface area contributed by atoms with E-state index in [1.54, 1.807) is 0 Å². The van der Waals surface area contributed by atoms with Crippen molar-refractivity contribution < 1.29 is 54.1 Å². The van der Waals surface area contributed by atoms with Crippen molar-refractivity contribution in [3.8, 4) is 11.5 Å². The van der Waals surface area contributed by atoms with E-state index in [0.29, 0.717) is 42.2 Å². The summed E-state index contributed by atoms with van der Waals surface area (Å²) in [5, 5.41) is 48.5. The van der Waals surface area contributed by atoms with Crippen molar-refractivity contribution in [1.29, 1.82) is 0 Å². The number of aromatic hydroxyl groups is 2. The van der Waals surface area contributed by atoms with E-state index in [-0.39, 0.29) is 50.2 Å². The fourth-order valence-corrected chi connectivity index (χ4v) is 6.62. The van der Waals surface area contributed by atoms with Gasteiger partial charge in [0.2, 0.25) is 17.7 Å².